The minimum absolute atomic E-state index is 0.200. The molecule has 2 atom stereocenters. The Balaban J connectivity index is 1.44. The van der Waals surface area contributed by atoms with E-state index in [9.17, 15) is 4.79 Å². The van der Waals surface area contributed by atoms with Crippen molar-refractivity contribution in [1.29, 1.82) is 0 Å². The highest BCUT2D eigenvalue weighted by Crippen LogP contribution is 2.26. The highest BCUT2D eigenvalue weighted by Gasteiger charge is 2.36. The molecule has 134 valence electrons. The number of carbonyl (C=O) groups is 1. The number of hydrogen-bond donors (Lipinski definition) is 0. The Morgan fingerprint density at radius 1 is 1.24 bits per heavy atom. The molecule has 0 bridgehead atoms. The molecule has 0 radical (unpaired) electrons. The van der Waals surface area contributed by atoms with E-state index in [1.807, 2.05) is 17.9 Å². The van der Waals surface area contributed by atoms with E-state index in [0.717, 1.165) is 55.9 Å². The molecule has 0 unspecified atom stereocenters. The summed E-state index contributed by atoms with van der Waals surface area (Å²) >= 11 is 0. The lowest BCUT2D eigenvalue weighted by atomic mass is 10.0. The first-order valence-corrected chi connectivity index (χ1v) is 9.18. The van der Waals surface area contributed by atoms with Crippen LogP contribution in [0.5, 0.6) is 0 Å². The van der Waals surface area contributed by atoms with Crippen molar-refractivity contribution in [3.8, 4) is 0 Å². The second-order valence-electron chi connectivity index (χ2n) is 7.43. The quantitative estimate of drug-likeness (QED) is 0.860. The van der Waals surface area contributed by atoms with Gasteiger partial charge in [0.25, 0.3) is 0 Å². The Morgan fingerprint density at radius 2 is 2.04 bits per heavy atom. The van der Waals surface area contributed by atoms with Gasteiger partial charge in [0.15, 0.2) is 0 Å². The summed E-state index contributed by atoms with van der Waals surface area (Å²) in [5.74, 6) is 0.705. The summed E-state index contributed by atoms with van der Waals surface area (Å²) in [4.78, 5) is 17.3. The van der Waals surface area contributed by atoms with Gasteiger partial charge in [-0.1, -0.05) is 19.1 Å². The second-order valence-corrected chi connectivity index (χ2v) is 7.43. The number of morpholine rings is 1. The van der Waals surface area contributed by atoms with E-state index in [-0.39, 0.29) is 5.91 Å². The van der Waals surface area contributed by atoms with Crippen molar-refractivity contribution in [3.05, 3.63) is 35.6 Å². The number of benzene rings is 1. The zero-order chi connectivity index (χ0) is 17.4. The molecule has 0 aliphatic carbocycles. The third-order valence-electron chi connectivity index (χ3n) is 5.59. The monoisotopic (exact) mass is 342 g/mol. The standard InChI is InChI=1S/C20H26N2O3/c1-14-3-4-17-16(13-25-19(17)9-14)10-20(23)22-11-15(2)18(12-22)21-5-7-24-8-6-21/h3-4,9,13,15,18H,5-8,10-12H2,1-2H3/t15-,18-/m1/s1. The van der Waals surface area contributed by atoms with Gasteiger partial charge in [0.05, 0.1) is 25.9 Å². The van der Waals surface area contributed by atoms with Crippen molar-refractivity contribution < 1.29 is 13.9 Å². The lowest BCUT2D eigenvalue weighted by Gasteiger charge is -2.33. The average molecular weight is 342 g/mol. The number of fused-ring (bicyclic) bond motifs is 1. The van der Waals surface area contributed by atoms with Gasteiger partial charge in [0.1, 0.15) is 5.58 Å². The third-order valence-corrected chi connectivity index (χ3v) is 5.59. The van der Waals surface area contributed by atoms with Gasteiger partial charge in [-0.15, -0.1) is 0 Å². The van der Waals surface area contributed by atoms with Crippen molar-refractivity contribution in [3.63, 3.8) is 0 Å². The summed E-state index contributed by atoms with van der Waals surface area (Å²) < 4.78 is 11.1. The number of likely N-dealkylation sites (tertiary alicyclic amines) is 1. The van der Waals surface area contributed by atoms with E-state index in [1.54, 1.807) is 6.26 Å². The minimum atomic E-state index is 0.200. The fourth-order valence-corrected chi connectivity index (χ4v) is 4.14. The Morgan fingerprint density at radius 3 is 2.84 bits per heavy atom. The molecule has 1 amide bonds. The number of amides is 1. The molecular formula is C20H26N2O3. The molecule has 2 saturated heterocycles. The fourth-order valence-electron chi connectivity index (χ4n) is 4.14. The first-order valence-electron chi connectivity index (χ1n) is 9.18. The van der Waals surface area contributed by atoms with Crippen LogP contribution in [0.15, 0.2) is 28.9 Å². The molecule has 2 aromatic rings. The summed E-state index contributed by atoms with van der Waals surface area (Å²) in [6.07, 6.45) is 2.15. The topological polar surface area (TPSA) is 45.9 Å². The van der Waals surface area contributed by atoms with Crippen LogP contribution in [0.25, 0.3) is 11.0 Å². The van der Waals surface area contributed by atoms with Crippen LogP contribution < -0.4 is 0 Å². The summed E-state index contributed by atoms with van der Waals surface area (Å²) in [5, 5.41) is 1.05. The summed E-state index contributed by atoms with van der Waals surface area (Å²) in [6.45, 7) is 9.53. The van der Waals surface area contributed by atoms with Crippen LogP contribution >= 0.6 is 0 Å². The predicted molar refractivity (Wildman–Crippen MR) is 96.6 cm³/mol. The number of ether oxygens (including phenoxy) is 1. The Hall–Kier alpha value is -1.85. The Bertz CT molecular complexity index is 763. The molecule has 2 aliphatic rings. The van der Waals surface area contributed by atoms with Gasteiger partial charge in [0, 0.05) is 43.2 Å². The van der Waals surface area contributed by atoms with Gasteiger partial charge in [-0.3, -0.25) is 9.69 Å². The van der Waals surface area contributed by atoms with Crippen LogP contribution in [0.3, 0.4) is 0 Å². The van der Waals surface area contributed by atoms with Gasteiger partial charge in [-0.05, 0) is 24.5 Å². The van der Waals surface area contributed by atoms with Crippen molar-refractivity contribution in [2.75, 3.05) is 39.4 Å². The van der Waals surface area contributed by atoms with E-state index in [0.29, 0.717) is 18.4 Å². The third kappa shape index (κ3) is 3.31. The zero-order valence-corrected chi connectivity index (χ0v) is 15.0. The van der Waals surface area contributed by atoms with Gasteiger partial charge in [-0.2, -0.15) is 0 Å². The van der Waals surface area contributed by atoms with Gasteiger partial charge in [0.2, 0.25) is 5.91 Å². The Kier molecular flexibility index (Phi) is 4.52. The molecule has 2 fully saturated rings. The highest BCUT2D eigenvalue weighted by atomic mass is 16.5. The number of rotatable bonds is 3. The van der Waals surface area contributed by atoms with Crippen LogP contribution in [-0.2, 0) is 16.0 Å². The molecule has 0 spiro atoms. The number of nitrogens with zero attached hydrogens (tertiary/aromatic N) is 2. The molecule has 2 aliphatic heterocycles. The molecule has 1 aromatic carbocycles. The molecule has 0 N–H and O–H groups in total. The minimum Gasteiger partial charge on any atom is -0.464 e. The lowest BCUT2D eigenvalue weighted by molar-refractivity contribution is -0.129. The molecular weight excluding hydrogens is 316 g/mol. The van der Waals surface area contributed by atoms with Crippen molar-refractivity contribution in [1.82, 2.24) is 9.80 Å². The molecule has 4 rings (SSSR count). The number of hydrogen-bond acceptors (Lipinski definition) is 4. The normalized spacial score (nSPS) is 25.0. The first kappa shape index (κ1) is 16.6. The molecule has 1 aromatic heterocycles. The van der Waals surface area contributed by atoms with E-state index in [2.05, 4.69) is 24.0 Å². The van der Waals surface area contributed by atoms with Crippen molar-refractivity contribution in [2.45, 2.75) is 26.3 Å². The zero-order valence-electron chi connectivity index (χ0n) is 15.0. The molecule has 5 heteroatoms. The van der Waals surface area contributed by atoms with Crippen LogP contribution in [0.1, 0.15) is 18.1 Å². The van der Waals surface area contributed by atoms with Gasteiger partial charge < -0.3 is 14.1 Å². The van der Waals surface area contributed by atoms with Crippen molar-refractivity contribution in [2.24, 2.45) is 5.92 Å². The van der Waals surface area contributed by atoms with Crippen LogP contribution in [0.2, 0.25) is 0 Å². The van der Waals surface area contributed by atoms with E-state index in [4.69, 9.17) is 9.15 Å². The van der Waals surface area contributed by atoms with Gasteiger partial charge >= 0.3 is 0 Å². The predicted octanol–water partition coefficient (Wildman–Crippen LogP) is 2.46. The van der Waals surface area contributed by atoms with Crippen LogP contribution in [0.4, 0.5) is 0 Å². The van der Waals surface area contributed by atoms with Crippen LogP contribution in [-0.4, -0.2) is 61.1 Å². The molecule has 25 heavy (non-hydrogen) atoms. The first-order chi connectivity index (χ1) is 12.1. The highest BCUT2D eigenvalue weighted by molar-refractivity contribution is 5.88. The summed E-state index contributed by atoms with van der Waals surface area (Å²) in [5.41, 5.74) is 3.02. The number of furan rings is 1. The SMILES string of the molecule is Cc1ccc2c(CC(=O)N3C[C@@H](C)[C@H](N4CCOCC4)C3)coc2c1. The Labute approximate surface area is 148 Å². The second kappa shape index (κ2) is 6.81. The maximum Gasteiger partial charge on any atom is 0.227 e. The smallest absolute Gasteiger partial charge is 0.227 e. The maximum atomic E-state index is 12.8. The number of carbonyl (C=O) groups excluding carboxylic acids is 1. The molecule has 3 heterocycles. The van der Waals surface area contributed by atoms with Crippen molar-refractivity contribution >= 4 is 16.9 Å². The summed E-state index contributed by atoms with van der Waals surface area (Å²) in [6, 6.07) is 6.60. The van der Waals surface area contributed by atoms with E-state index < -0.39 is 0 Å². The average Bonchev–Trinajstić information content (AvgIpc) is 3.19. The van der Waals surface area contributed by atoms with E-state index in [1.165, 1.54) is 5.56 Å². The van der Waals surface area contributed by atoms with Gasteiger partial charge in [-0.25, -0.2) is 0 Å². The lowest BCUT2D eigenvalue weighted by Crippen LogP contribution is -2.47. The summed E-state index contributed by atoms with van der Waals surface area (Å²) in [7, 11) is 0. The van der Waals surface area contributed by atoms with Crippen LogP contribution in [0, 0.1) is 12.8 Å². The maximum absolute atomic E-state index is 12.8. The van der Waals surface area contributed by atoms with E-state index >= 15 is 0 Å². The fraction of sp³-hybridized carbons (Fsp3) is 0.550. The molecule has 5 nitrogen and oxygen atoms in total. The number of aryl methyl sites for hydroxylation is 1. The largest absolute Gasteiger partial charge is 0.464 e. The molecule has 0 saturated carbocycles.